The van der Waals surface area contributed by atoms with E-state index in [1.807, 2.05) is 0 Å². The van der Waals surface area contributed by atoms with Crippen molar-refractivity contribution in [2.75, 3.05) is 7.11 Å². The van der Waals surface area contributed by atoms with Crippen LogP contribution in [0.5, 0.6) is 0 Å². The lowest BCUT2D eigenvalue weighted by molar-refractivity contribution is -0.138. The van der Waals surface area contributed by atoms with Crippen LogP contribution in [-0.4, -0.2) is 24.0 Å². The van der Waals surface area contributed by atoms with Crippen LogP contribution in [0.1, 0.15) is 66.0 Å². The molecule has 1 saturated carbocycles. The van der Waals surface area contributed by atoms with Gasteiger partial charge in [0.05, 0.1) is 6.10 Å². The van der Waals surface area contributed by atoms with Crippen molar-refractivity contribution in [3.8, 4) is 11.1 Å². The fraction of sp³-hybridized carbons (Fsp3) is 0.519. The molecule has 0 atom stereocenters. The lowest BCUT2D eigenvalue weighted by Crippen LogP contribution is -2.35. The lowest BCUT2D eigenvalue weighted by Gasteiger charge is -2.29. The summed E-state index contributed by atoms with van der Waals surface area (Å²) in [5, 5.41) is 0. The standard InChI is InChI=1S/C27H35NO2/c1-6-23-18(3)24-15-28(27(29)21-11-13-22(30-5)14-12-21)16-25(24)19(4)26(23)20-9-7-17(2)8-10-20/h7-10,21-22H,6,11-16H2,1-5H3. The van der Waals surface area contributed by atoms with Crippen LogP contribution in [0.25, 0.3) is 11.1 Å². The van der Waals surface area contributed by atoms with E-state index >= 15 is 0 Å². The third-order valence-electron chi connectivity index (χ3n) is 7.46. The summed E-state index contributed by atoms with van der Waals surface area (Å²) in [7, 11) is 1.78. The van der Waals surface area contributed by atoms with Crippen LogP contribution in [0.3, 0.4) is 0 Å². The molecule has 2 aromatic rings. The molecular weight excluding hydrogens is 370 g/mol. The van der Waals surface area contributed by atoms with Gasteiger partial charge in [0.25, 0.3) is 0 Å². The van der Waals surface area contributed by atoms with E-state index in [0.29, 0.717) is 12.0 Å². The summed E-state index contributed by atoms with van der Waals surface area (Å²) in [6, 6.07) is 8.88. The van der Waals surface area contributed by atoms with Gasteiger partial charge in [-0.2, -0.15) is 0 Å². The number of amides is 1. The summed E-state index contributed by atoms with van der Waals surface area (Å²) in [5.41, 5.74) is 10.9. The Kier molecular flexibility index (Phi) is 6.02. The van der Waals surface area contributed by atoms with Crippen molar-refractivity contribution in [2.24, 2.45) is 5.92 Å². The molecule has 0 radical (unpaired) electrons. The van der Waals surface area contributed by atoms with Crippen molar-refractivity contribution in [1.82, 2.24) is 4.90 Å². The fourth-order valence-corrected chi connectivity index (χ4v) is 5.58. The van der Waals surface area contributed by atoms with E-state index in [1.165, 1.54) is 44.5 Å². The van der Waals surface area contributed by atoms with Crippen molar-refractivity contribution < 1.29 is 9.53 Å². The lowest BCUT2D eigenvalue weighted by atomic mass is 9.84. The second kappa shape index (κ2) is 8.55. The Balaban J connectivity index is 1.64. The average molecular weight is 406 g/mol. The number of methoxy groups -OCH3 is 1. The first-order valence-corrected chi connectivity index (χ1v) is 11.5. The van der Waals surface area contributed by atoms with E-state index in [2.05, 4.69) is 56.9 Å². The number of hydrogen-bond donors (Lipinski definition) is 0. The molecule has 4 rings (SSSR count). The average Bonchev–Trinajstić information content (AvgIpc) is 3.22. The highest BCUT2D eigenvalue weighted by Gasteiger charge is 2.34. The first-order chi connectivity index (χ1) is 14.4. The predicted molar refractivity (Wildman–Crippen MR) is 122 cm³/mol. The largest absolute Gasteiger partial charge is 0.381 e. The summed E-state index contributed by atoms with van der Waals surface area (Å²) in [6.07, 6.45) is 5.26. The number of benzene rings is 2. The molecule has 0 saturated heterocycles. The number of ether oxygens (including phenoxy) is 1. The molecule has 0 spiro atoms. The second-order valence-electron chi connectivity index (χ2n) is 9.18. The van der Waals surface area contributed by atoms with Gasteiger partial charge in [-0.15, -0.1) is 0 Å². The summed E-state index contributed by atoms with van der Waals surface area (Å²) in [6.45, 7) is 10.4. The van der Waals surface area contributed by atoms with Gasteiger partial charge in [0, 0.05) is 26.1 Å². The van der Waals surface area contributed by atoms with Crippen molar-refractivity contribution in [2.45, 2.75) is 79.0 Å². The highest BCUT2D eigenvalue weighted by molar-refractivity contribution is 5.81. The molecule has 2 aliphatic rings. The Morgan fingerprint density at radius 3 is 2.13 bits per heavy atom. The molecule has 0 aromatic heterocycles. The molecule has 0 unspecified atom stereocenters. The number of aryl methyl sites for hydroxylation is 1. The van der Waals surface area contributed by atoms with Crippen LogP contribution >= 0.6 is 0 Å². The molecule has 160 valence electrons. The van der Waals surface area contributed by atoms with Crippen LogP contribution in [0, 0.1) is 26.7 Å². The number of nitrogens with zero attached hydrogens (tertiary/aromatic N) is 1. The van der Waals surface area contributed by atoms with E-state index in [0.717, 1.165) is 45.2 Å². The third kappa shape index (κ3) is 3.69. The molecule has 30 heavy (non-hydrogen) atoms. The van der Waals surface area contributed by atoms with Gasteiger partial charge in [0.2, 0.25) is 5.91 Å². The van der Waals surface area contributed by atoms with Gasteiger partial charge >= 0.3 is 0 Å². The Labute approximate surface area is 181 Å². The van der Waals surface area contributed by atoms with Gasteiger partial charge in [-0.25, -0.2) is 0 Å². The Bertz CT molecular complexity index is 937. The number of fused-ring (bicyclic) bond motifs is 1. The molecule has 1 heterocycles. The van der Waals surface area contributed by atoms with Gasteiger partial charge in [-0.3, -0.25) is 4.79 Å². The van der Waals surface area contributed by atoms with Crippen LogP contribution in [0.4, 0.5) is 0 Å². The van der Waals surface area contributed by atoms with Gasteiger partial charge in [-0.1, -0.05) is 36.8 Å². The number of carbonyl (C=O) groups excluding carboxylic acids is 1. The number of hydrogen-bond acceptors (Lipinski definition) is 2. The first kappa shape index (κ1) is 21.1. The summed E-state index contributed by atoms with van der Waals surface area (Å²) >= 11 is 0. The molecule has 1 fully saturated rings. The quantitative estimate of drug-likeness (QED) is 0.635. The topological polar surface area (TPSA) is 29.5 Å². The van der Waals surface area contributed by atoms with Crippen molar-refractivity contribution in [3.05, 3.63) is 57.6 Å². The molecule has 1 aliphatic heterocycles. The zero-order valence-corrected chi connectivity index (χ0v) is 19.2. The molecule has 1 aliphatic carbocycles. The molecular formula is C27H35NO2. The highest BCUT2D eigenvalue weighted by atomic mass is 16.5. The molecule has 3 heteroatoms. The molecule has 1 amide bonds. The Morgan fingerprint density at radius 1 is 0.967 bits per heavy atom. The second-order valence-corrected chi connectivity index (χ2v) is 9.18. The smallest absolute Gasteiger partial charge is 0.226 e. The maximum Gasteiger partial charge on any atom is 0.226 e. The molecule has 0 bridgehead atoms. The minimum Gasteiger partial charge on any atom is -0.381 e. The summed E-state index contributed by atoms with van der Waals surface area (Å²) < 4.78 is 5.49. The van der Waals surface area contributed by atoms with E-state index in [-0.39, 0.29) is 5.92 Å². The predicted octanol–water partition coefficient (Wildman–Crippen LogP) is 5.89. The highest BCUT2D eigenvalue weighted by Crippen LogP contribution is 2.40. The monoisotopic (exact) mass is 405 g/mol. The van der Waals surface area contributed by atoms with Crippen LogP contribution in [0.15, 0.2) is 24.3 Å². The minimum atomic E-state index is 0.161. The van der Waals surface area contributed by atoms with Gasteiger partial charge in [-0.05, 0) is 91.8 Å². The van der Waals surface area contributed by atoms with Crippen LogP contribution < -0.4 is 0 Å². The van der Waals surface area contributed by atoms with E-state index in [4.69, 9.17) is 4.74 Å². The molecule has 3 nitrogen and oxygen atoms in total. The zero-order chi connectivity index (χ0) is 21.4. The molecule has 0 N–H and O–H groups in total. The van der Waals surface area contributed by atoms with E-state index in [1.54, 1.807) is 7.11 Å². The minimum absolute atomic E-state index is 0.161. The van der Waals surface area contributed by atoms with Crippen LogP contribution in [0.2, 0.25) is 0 Å². The van der Waals surface area contributed by atoms with Gasteiger partial charge < -0.3 is 9.64 Å². The third-order valence-corrected chi connectivity index (χ3v) is 7.46. The van der Waals surface area contributed by atoms with E-state index < -0.39 is 0 Å². The SMILES string of the molecule is CCc1c(C)c2c(c(C)c1-c1ccc(C)cc1)CN(C(=O)C1CCC(OC)CC1)C2. The molecule has 2 aromatic carbocycles. The normalized spacial score (nSPS) is 21.0. The number of carbonyl (C=O) groups is 1. The Morgan fingerprint density at radius 2 is 1.57 bits per heavy atom. The number of rotatable bonds is 4. The van der Waals surface area contributed by atoms with Gasteiger partial charge in [0.15, 0.2) is 0 Å². The fourth-order valence-electron chi connectivity index (χ4n) is 5.58. The first-order valence-electron chi connectivity index (χ1n) is 11.5. The van der Waals surface area contributed by atoms with Crippen molar-refractivity contribution in [1.29, 1.82) is 0 Å². The summed E-state index contributed by atoms with van der Waals surface area (Å²) in [4.78, 5) is 15.4. The van der Waals surface area contributed by atoms with E-state index in [9.17, 15) is 4.79 Å². The van der Waals surface area contributed by atoms with Gasteiger partial charge in [0.1, 0.15) is 0 Å². The van der Waals surface area contributed by atoms with Crippen molar-refractivity contribution in [3.63, 3.8) is 0 Å². The maximum atomic E-state index is 13.3. The maximum absolute atomic E-state index is 13.3. The Hall–Kier alpha value is -2.13. The van der Waals surface area contributed by atoms with Crippen molar-refractivity contribution >= 4 is 5.91 Å². The zero-order valence-electron chi connectivity index (χ0n) is 19.2. The van der Waals surface area contributed by atoms with Crippen LogP contribution in [-0.2, 0) is 29.0 Å². The summed E-state index contributed by atoms with van der Waals surface area (Å²) in [5.74, 6) is 0.503.